The second kappa shape index (κ2) is 7.75. The first-order chi connectivity index (χ1) is 14.0. The number of sulfone groups is 1. The minimum Gasteiger partial charge on any atom is -0.493 e. The van der Waals surface area contributed by atoms with Gasteiger partial charge in [0.2, 0.25) is 9.84 Å². The molecule has 0 spiro atoms. The molecule has 0 aromatic heterocycles. The molecule has 0 N–H and O–H groups in total. The molecule has 1 atom stereocenters. The van der Waals surface area contributed by atoms with E-state index in [-0.39, 0.29) is 21.6 Å². The van der Waals surface area contributed by atoms with Crippen LogP contribution in [-0.4, -0.2) is 39.8 Å². The van der Waals surface area contributed by atoms with E-state index in [0.717, 1.165) is 12.0 Å². The van der Waals surface area contributed by atoms with Crippen molar-refractivity contribution in [3.05, 3.63) is 72.1 Å². The molecule has 4 rings (SSSR count). The molecule has 7 heteroatoms. The van der Waals surface area contributed by atoms with Crippen molar-refractivity contribution in [3.63, 3.8) is 0 Å². The summed E-state index contributed by atoms with van der Waals surface area (Å²) in [6.07, 6.45) is 9.03. The van der Waals surface area contributed by atoms with Gasteiger partial charge in [0.15, 0.2) is 11.5 Å². The van der Waals surface area contributed by atoms with Gasteiger partial charge in [-0.05, 0) is 41.5 Å². The Kier molecular flexibility index (Phi) is 5.15. The van der Waals surface area contributed by atoms with Crippen molar-refractivity contribution in [2.45, 2.75) is 28.8 Å². The molecule has 2 aromatic carbocycles. The highest BCUT2D eigenvalue weighted by Crippen LogP contribution is 2.36. The van der Waals surface area contributed by atoms with Crippen LogP contribution in [0.2, 0.25) is 0 Å². The quantitative estimate of drug-likeness (QED) is 0.728. The minimum atomic E-state index is -3.74. The Labute approximate surface area is 170 Å². The molecule has 0 radical (unpaired) electrons. The first kappa shape index (κ1) is 19.3. The van der Waals surface area contributed by atoms with E-state index in [0.29, 0.717) is 12.3 Å². The van der Waals surface area contributed by atoms with E-state index in [1.165, 1.54) is 25.9 Å². The standard InChI is InChI=1S/C22H22N2O4S/c1-27-20-4-3-5-21(22(20)28-2)29(25,26)18-8-6-16(7-9-18)14-24-13-11-19-17(15-24)10-12-23-19/h3-9,11-13,15,19H,10,14H2,1-2H3. The van der Waals surface area contributed by atoms with Crippen LogP contribution in [0.4, 0.5) is 0 Å². The lowest BCUT2D eigenvalue weighted by molar-refractivity contribution is 0.347. The van der Waals surface area contributed by atoms with Gasteiger partial charge in [-0.2, -0.15) is 0 Å². The van der Waals surface area contributed by atoms with Crippen molar-refractivity contribution in [2.24, 2.45) is 4.99 Å². The molecular weight excluding hydrogens is 388 g/mol. The summed E-state index contributed by atoms with van der Waals surface area (Å²) in [5, 5.41) is 0. The Morgan fingerprint density at radius 3 is 2.62 bits per heavy atom. The van der Waals surface area contributed by atoms with E-state index in [1.54, 1.807) is 24.3 Å². The third-order valence-electron chi connectivity index (χ3n) is 5.02. The van der Waals surface area contributed by atoms with Crippen LogP contribution in [-0.2, 0) is 16.4 Å². The number of ether oxygens (including phenoxy) is 2. The van der Waals surface area contributed by atoms with Crippen molar-refractivity contribution in [2.75, 3.05) is 14.2 Å². The number of hydrogen-bond acceptors (Lipinski definition) is 6. The molecule has 2 aliphatic rings. The monoisotopic (exact) mass is 410 g/mol. The number of fused-ring (bicyclic) bond motifs is 1. The summed E-state index contributed by atoms with van der Waals surface area (Å²) in [7, 11) is -0.826. The van der Waals surface area contributed by atoms with Gasteiger partial charge in [-0.3, -0.25) is 4.99 Å². The van der Waals surface area contributed by atoms with Gasteiger partial charge in [0.1, 0.15) is 4.90 Å². The Morgan fingerprint density at radius 1 is 1.10 bits per heavy atom. The molecular formula is C22H22N2O4S. The molecule has 0 aliphatic carbocycles. The van der Waals surface area contributed by atoms with Gasteiger partial charge in [0, 0.05) is 31.6 Å². The highest BCUT2D eigenvalue weighted by atomic mass is 32.2. The van der Waals surface area contributed by atoms with E-state index in [2.05, 4.69) is 22.2 Å². The molecule has 0 saturated heterocycles. The normalized spacial score (nSPS) is 17.8. The number of hydrogen-bond donors (Lipinski definition) is 0. The number of nitrogens with zero attached hydrogens (tertiary/aromatic N) is 2. The number of aliphatic imine (C=N–C) groups is 1. The van der Waals surface area contributed by atoms with Gasteiger partial charge in [0.05, 0.1) is 25.2 Å². The lowest BCUT2D eigenvalue weighted by Crippen LogP contribution is -2.17. The molecule has 2 heterocycles. The third-order valence-corrected chi connectivity index (χ3v) is 6.81. The van der Waals surface area contributed by atoms with Crippen LogP contribution in [0.3, 0.4) is 0 Å². The first-order valence-corrected chi connectivity index (χ1v) is 10.7. The van der Waals surface area contributed by atoms with E-state index in [4.69, 9.17) is 9.47 Å². The molecule has 2 aromatic rings. The van der Waals surface area contributed by atoms with Crippen molar-refractivity contribution in [1.29, 1.82) is 0 Å². The highest BCUT2D eigenvalue weighted by Gasteiger charge is 2.25. The van der Waals surface area contributed by atoms with E-state index < -0.39 is 9.84 Å². The first-order valence-electron chi connectivity index (χ1n) is 9.24. The van der Waals surface area contributed by atoms with E-state index in [9.17, 15) is 8.42 Å². The van der Waals surface area contributed by atoms with Crippen LogP contribution in [0.1, 0.15) is 12.0 Å². The van der Waals surface area contributed by atoms with Crippen LogP contribution in [0, 0.1) is 0 Å². The summed E-state index contributed by atoms with van der Waals surface area (Å²) in [4.78, 5) is 6.79. The van der Waals surface area contributed by atoms with Crippen molar-refractivity contribution < 1.29 is 17.9 Å². The zero-order valence-electron chi connectivity index (χ0n) is 16.3. The molecule has 0 amide bonds. The predicted octanol–water partition coefficient (Wildman–Crippen LogP) is 3.59. The topological polar surface area (TPSA) is 68.2 Å². The number of para-hydroxylation sites is 1. The molecule has 0 saturated carbocycles. The molecule has 6 nitrogen and oxygen atoms in total. The van der Waals surface area contributed by atoms with Crippen LogP contribution >= 0.6 is 0 Å². The maximum absolute atomic E-state index is 13.1. The number of benzene rings is 2. The van der Waals surface area contributed by atoms with Gasteiger partial charge in [-0.1, -0.05) is 18.2 Å². The number of methoxy groups -OCH3 is 2. The largest absolute Gasteiger partial charge is 0.493 e. The zero-order chi connectivity index (χ0) is 20.4. The van der Waals surface area contributed by atoms with Crippen LogP contribution in [0.5, 0.6) is 11.5 Å². The average Bonchev–Trinajstić information content (AvgIpc) is 3.21. The van der Waals surface area contributed by atoms with Gasteiger partial charge in [-0.15, -0.1) is 0 Å². The highest BCUT2D eigenvalue weighted by molar-refractivity contribution is 7.91. The summed E-state index contributed by atoms with van der Waals surface area (Å²) < 4.78 is 36.8. The third kappa shape index (κ3) is 3.65. The Bertz CT molecular complexity index is 1100. The lowest BCUT2D eigenvalue weighted by atomic mass is 10.1. The van der Waals surface area contributed by atoms with Crippen molar-refractivity contribution in [3.8, 4) is 11.5 Å². The van der Waals surface area contributed by atoms with Crippen LogP contribution in [0.15, 0.2) is 81.3 Å². The Hall–Kier alpha value is -3.06. The molecule has 29 heavy (non-hydrogen) atoms. The van der Waals surface area contributed by atoms with Gasteiger partial charge in [0.25, 0.3) is 0 Å². The smallest absolute Gasteiger partial charge is 0.210 e. The predicted molar refractivity (Wildman–Crippen MR) is 111 cm³/mol. The molecule has 0 fully saturated rings. The molecule has 2 aliphatic heterocycles. The summed E-state index contributed by atoms with van der Waals surface area (Å²) in [6.45, 7) is 0.662. The summed E-state index contributed by atoms with van der Waals surface area (Å²) in [5.74, 6) is 0.585. The van der Waals surface area contributed by atoms with Crippen LogP contribution < -0.4 is 9.47 Å². The summed E-state index contributed by atoms with van der Waals surface area (Å²) in [6, 6.07) is 11.9. The fraction of sp³-hybridized carbons (Fsp3) is 0.227. The van der Waals surface area contributed by atoms with Gasteiger partial charge in [-0.25, -0.2) is 8.42 Å². The van der Waals surface area contributed by atoms with Gasteiger partial charge < -0.3 is 14.4 Å². The van der Waals surface area contributed by atoms with Crippen molar-refractivity contribution >= 4 is 16.1 Å². The molecule has 1 unspecified atom stereocenters. The second-order valence-electron chi connectivity index (χ2n) is 6.84. The maximum Gasteiger partial charge on any atom is 0.210 e. The summed E-state index contributed by atoms with van der Waals surface area (Å²) in [5.41, 5.74) is 2.29. The number of rotatable bonds is 6. The fourth-order valence-electron chi connectivity index (χ4n) is 3.52. The summed E-state index contributed by atoms with van der Waals surface area (Å²) >= 11 is 0. The molecule has 0 bridgehead atoms. The average molecular weight is 410 g/mol. The second-order valence-corrected chi connectivity index (χ2v) is 8.76. The van der Waals surface area contributed by atoms with E-state index in [1.807, 2.05) is 24.5 Å². The van der Waals surface area contributed by atoms with Crippen LogP contribution in [0.25, 0.3) is 0 Å². The Balaban J connectivity index is 1.56. The maximum atomic E-state index is 13.1. The zero-order valence-corrected chi connectivity index (χ0v) is 17.1. The van der Waals surface area contributed by atoms with E-state index >= 15 is 0 Å². The lowest BCUT2D eigenvalue weighted by Gasteiger charge is -2.22. The SMILES string of the molecule is COc1cccc(S(=O)(=O)c2ccc(CN3C=CC4N=CCC4=C3)cc2)c1OC. The fourth-order valence-corrected chi connectivity index (χ4v) is 4.95. The molecule has 150 valence electrons. The van der Waals surface area contributed by atoms with Crippen molar-refractivity contribution in [1.82, 2.24) is 4.90 Å². The Morgan fingerprint density at radius 2 is 1.90 bits per heavy atom. The van der Waals surface area contributed by atoms with Gasteiger partial charge >= 0.3 is 0 Å². The minimum absolute atomic E-state index is 0.0862.